The summed E-state index contributed by atoms with van der Waals surface area (Å²) in [4.78, 5) is 40.9. The Bertz CT molecular complexity index is 668. The third kappa shape index (κ3) is 12.7. The third-order valence-corrected chi connectivity index (χ3v) is 2.74. The molecule has 12 heteroatoms. The van der Waals surface area contributed by atoms with Gasteiger partial charge in [-0.3, -0.25) is 19.2 Å². The van der Waals surface area contributed by atoms with Gasteiger partial charge in [-0.1, -0.05) is 0 Å². The predicted molar refractivity (Wildman–Crippen MR) is 91.3 cm³/mol. The van der Waals surface area contributed by atoms with Crippen molar-refractivity contribution < 1.29 is 67.9 Å². The molecule has 10 nitrogen and oxygen atoms in total. The minimum Gasteiger partial charge on any atom is 0 e. The van der Waals surface area contributed by atoms with E-state index in [9.17, 15) is 19.2 Å². The first kappa shape index (κ1) is 28.5. The van der Waals surface area contributed by atoms with Gasteiger partial charge in [0.2, 0.25) is 0 Å². The van der Waals surface area contributed by atoms with E-state index < -0.39 is 23.9 Å². The Hall–Kier alpha value is -1.68. The minimum absolute atomic E-state index is 0. The first-order chi connectivity index (χ1) is 12.2. The van der Waals surface area contributed by atoms with E-state index in [4.69, 9.17) is 29.3 Å². The van der Waals surface area contributed by atoms with Gasteiger partial charge in [0.25, 0.3) is 0 Å². The Morgan fingerprint density at radius 1 is 0.571 bits per heavy atom. The summed E-state index contributed by atoms with van der Waals surface area (Å²) in [6.07, 6.45) is -0.890. The largest absolute Gasteiger partial charge is 0 e. The first-order valence-electron chi connectivity index (χ1n) is 7.18. The zero-order valence-electron chi connectivity index (χ0n) is 14.1. The smallest absolute Gasteiger partial charge is 0 e. The van der Waals surface area contributed by atoms with E-state index in [2.05, 4.69) is 0 Å². The standard InChI is InChI=1S/2C8H8O5.Ca.Zn.2H/c2*9-7(10)3-5-1-2-6(13-5)4-8(11)12;;;;/h2*1-2H,3-4H2,(H,9,10)(H,11,12);;;;. The second kappa shape index (κ2) is 14.3. The van der Waals surface area contributed by atoms with Gasteiger partial charge in [-0.15, -0.1) is 0 Å². The molecule has 2 aromatic heterocycles. The molecule has 0 atom stereocenters. The van der Waals surface area contributed by atoms with Crippen LogP contribution in [0.4, 0.5) is 0 Å². The van der Waals surface area contributed by atoms with E-state index in [-0.39, 0.29) is 106 Å². The van der Waals surface area contributed by atoms with Gasteiger partial charge < -0.3 is 29.3 Å². The molecule has 0 bridgehead atoms. The zero-order valence-corrected chi connectivity index (χ0v) is 17.1. The summed E-state index contributed by atoms with van der Waals surface area (Å²) < 4.78 is 9.89. The molecule has 0 aliphatic heterocycles. The van der Waals surface area contributed by atoms with Crippen molar-refractivity contribution in [1.82, 2.24) is 0 Å². The number of carbonyl (C=O) groups is 4. The molecular weight excluding hydrogens is 458 g/mol. The van der Waals surface area contributed by atoms with Crippen molar-refractivity contribution in [2.24, 2.45) is 0 Å². The van der Waals surface area contributed by atoms with E-state index in [1.807, 2.05) is 0 Å². The molecule has 0 aromatic carbocycles. The molecule has 0 radical (unpaired) electrons. The molecule has 0 aliphatic rings. The molecule has 0 saturated carbocycles. The maximum absolute atomic E-state index is 10.2. The fourth-order valence-corrected chi connectivity index (χ4v) is 1.82. The maximum atomic E-state index is 10.2. The second-order valence-electron chi connectivity index (χ2n) is 5.02. The molecule has 2 aromatic rings. The monoisotopic (exact) mass is 474 g/mol. The summed E-state index contributed by atoms with van der Waals surface area (Å²) >= 11 is 0. The Labute approximate surface area is 201 Å². The van der Waals surface area contributed by atoms with E-state index in [1.165, 1.54) is 24.3 Å². The van der Waals surface area contributed by atoms with Crippen LogP contribution in [0.5, 0.6) is 0 Å². The number of aliphatic carboxylic acids is 4. The normalized spacial score (nSPS) is 9.14. The molecule has 28 heavy (non-hydrogen) atoms. The van der Waals surface area contributed by atoms with Gasteiger partial charge in [0, 0.05) is 19.5 Å². The fourth-order valence-electron chi connectivity index (χ4n) is 1.82. The van der Waals surface area contributed by atoms with Gasteiger partial charge in [0.05, 0.1) is 0 Å². The Morgan fingerprint density at radius 2 is 0.750 bits per heavy atom. The molecule has 0 amide bonds. The van der Waals surface area contributed by atoms with Gasteiger partial charge in [0.1, 0.15) is 48.7 Å². The topological polar surface area (TPSA) is 175 Å². The van der Waals surface area contributed by atoms with Gasteiger partial charge in [-0.05, 0) is 24.3 Å². The molecule has 0 saturated heterocycles. The average molecular weight is 476 g/mol. The molecule has 2 heterocycles. The molecule has 0 spiro atoms. The molecular formula is C16H18CaO10Zn. The summed E-state index contributed by atoms with van der Waals surface area (Å²) in [5, 5.41) is 33.5. The van der Waals surface area contributed by atoms with Crippen molar-refractivity contribution in [3.8, 4) is 0 Å². The van der Waals surface area contributed by atoms with Crippen LogP contribution < -0.4 is 0 Å². The van der Waals surface area contributed by atoms with Gasteiger partial charge >= 0.3 is 61.6 Å². The summed E-state index contributed by atoms with van der Waals surface area (Å²) in [6, 6.07) is 5.86. The first-order valence-corrected chi connectivity index (χ1v) is 7.18. The van der Waals surface area contributed by atoms with Gasteiger partial charge in [-0.25, -0.2) is 0 Å². The minimum atomic E-state index is -1.00. The quantitative estimate of drug-likeness (QED) is 0.384. The van der Waals surface area contributed by atoms with E-state index in [0.717, 1.165) is 0 Å². The van der Waals surface area contributed by atoms with Crippen LogP contribution in [0.3, 0.4) is 0 Å². The van der Waals surface area contributed by atoms with Crippen molar-refractivity contribution in [3.63, 3.8) is 0 Å². The zero-order chi connectivity index (χ0) is 19.7. The van der Waals surface area contributed by atoms with E-state index >= 15 is 0 Å². The number of hydrogen-bond donors (Lipinski definition) is 4. The molecule has 0 unspecified atom stereocenters. The Kier molecular flexibility index (Phi) is 14.6. The van der Waals surface area contributed by atoms with Crippen LogP contribution in [-0.4, -0.2) is 82.0 Å². The number of furan rings is 2. The van der Waals surface area contributed by atoms with Crippen LogP contribution in [0.1, 0.15) is 23.0 Å². The van der Waals surface area contributed by atoms with Crippen LogP contribution in [0, 0.1) is 0 Å². The van der Waals surface area contributed by atoms with Crippen LogP contribution >= 0.6 is 0 Å². The Morgan fingerprint density at radius 3 is 0.893 bits per heavy atom. The number of carboxylic acid groups (broad SMARTS) is 4. The van der Waals surface area contributed by atoms with Crippen molar-refractivity contribution in [2.45, 2.75) is 25.7 Å². The summed E-state index contributed by atoms with van der Waals surface area (Å²) in [5.74, 6) is -2.94. The SMILES string of the molecule is O=C(O)Cc1ccc(CC(=O)O)o1.O=C(O)Cc1ccc(CC(=O)O)o1.[CaH2].[Zn]. The summed E-state index contributed by atoms with van der Waals surface area (Å²) in [5.41, 5.74) is 0. The number of rotatable bonds is 8. The van der Waals surface area contributed by atoms with Crippen molar-refractivity contribution in [3.05, 3.63) is 47.3 Å². The third-order valence-electron chi connectivity index (χ3n) is 2.74. The Balaban J connectivity index is 0. The molecule has 2 rings (SSSR count). The van der Waals surface area contributed by atoms with E-state index in [0.29, 0.717) is 0 Å². The fraction of sp³-hybridized carbons (Fsp3) is 0.250. The molecule has 0 aliphatic carbocycles. The van der Waals surface area contributed by atoms with Crippen LogP contribution in [-0.2, 0) is 64.3 Å². The van der Waals surface area contributed by atoms with Crippen molar-refractivity contribution in [2.75, 3.05) is 0 Å². The molecule has 4 N–H and O–H groups in total. The summed E-state index contributed by atoms with van der Waals surface area (Å²) in [7, 11) is 0. The van der Waals surface area contributed by atoms with Crippen LogP contribution in [0.2, 0.25) is 0 Å². The summed E-state index contributed by atoms with van der Waals surface area (Å²) in [6.45, 7) is 0. The maximum Gasteiger partial charge on any atom is 0 e. The van der Waals surface area contributed by atoms with E-state index in [1.54, 1.807) is 0 Å². The van der Waals surface area contributed by atoms with Gasteiger partial charge in [0.15, 0.2) is 0 Å². The van der Waals surface area contributed by atoms with Crippen LogP contribution in [0.25, 0.3) is 0 Å². The number of hydrogen-bond acceptors (Lipinski definition) is 6. The predicted octanol–water partition coefficient (Wildman–Crippen LogP) is 0.149. The molecule has 146 valence electrons. The van der Waals surface area contributed by atoms with Gasteiger partial charge in [-0.2, -0.15) is 0 Å². The molecule has 0 fully saturated rings. The van der Waals surface area contributed by atoms with Crippen molar-refractivity contribution >= 4 is 61.6 Å². The average Bonchev–Trinajstić information content (AvgIpc) is 3.07. The number of carboxylic acids is 4. The second-order valence-corrected chi connectivity index (χ2v) is 5.02. The van der Waals surface area contributed by atoms with Crippen molar-refractivity contribution in [1.29, 1.82) is 0 Å². The van der Waals surface area contributed by atoms with Crippen LogP contribution in [0.15, 0.2) is 33.1 Å².